The van der Waals surface area contributed by atoms with E-state index in [1.54, 1.807) is 0 Å². The van der Waals surface area contributed by atoms with E-state index in [2.05, 4.69) is 11.6 Å². The molecule has 102 valence electrons. The van der Waals surface area contributed by atoms with Crippen LogP contribution in [-0.2, 0) is 4.79 Å². The number of carbonyl (C=O) groups excluding carboxylic acids is 1. The lowest BCUT2D eigenvalue weighted by Gasteiger charge is -2.24. The molecule has 0 aromatic rings. The fourth-order valence-electron chi connectivity index (χ4n) is 2.81. The first-order chi connectivity index (χ1) is 8.61. The Bertz CT molecular complexity index is 337. The minimum absolute atomic E-state index is 0.202. The molecule has 2 amide bonds. The van der Waals surface area contributed by atoms with Crippen LogP contribution in [0.25, 0.3) is 0 Å². The SMILES string of the molecule is CSC1CCC(NC(=O)N2CCCC2C(=O)O)C1. The van der Waals surface area contributed by atoms with Gasteiger partial charge in [0.25, 0.3) is 0 Å². The van der Waals surface area contributed by atoms with Crippen LogP contribution in [0.2, 0.25) is 0 Å². The molecule has 2 N–H and O–H groups in total. The maximum Gasteiger partial charge on any atom is 0.326 e. The fourth-order valence-corrected chi connectivity index (χ4v) is 3.61. The Morgan fingerprint density at radius 2 is 2.11 bits per heavy atom. The minimum Gasteiger partial charge on any atom is -0.480 e. The number of likely N-dealkylation sites (tertiary alicyclic amines) is 1. The Morgan fingerprint density at radius 3 is 2.72 bits per heavy atom. The van der Waals surface area contributed by atoms with Crippen molar-refractivity contribution in [3.63, 3.8) is 0 Å². The number of nitrogens with one attached hydrogen (secondary N) is 1. The number of urea groups is 1. The second-order valence-electron chi connectivity index (χ2n) is 5.01. The maximum absolute atomic E-state index is 12.1. The number of rotatable bonds is 3. The highest BCUT2D eigenvalue weighted by Gasteiger charge is 2.35. The predicted molar refractivity (Wildman–Crippen MR) is 70.8 cm³/mol. The number of hydrogen-bond donors (Lipinski definition) is 2. The minimum atomic E-state index is -0.893. The van der Waals surface area contributed by atoms with Crippen LogP contribution in [0, 0.1) is 0 Å². The highest BCUT2D eigenvalue weighted by Crippen LogP contribution is 2.28. The van der Waals surface area contributed by atoms with E-state index in [-0.39, 0.29) is 12.1 Å². The van der Waals surface area contributed by atoms with Gasteiger partial charge in [0.15, 0.2) is 0 Å². The van der Waals surface area contributed by atoms with Crippen molar-refractivity contribution in [2.45, 2.75) is 49.4 Å². The van der Waals surface area contributed by atoms with E-state index < -0.39 is 12.0 Å². The zero-order valence-electron chi connectivity index (χ0n) is 10.6. The van der Waals surface area contributed by atoms with Crippen molar-refractivity contribution >= 4 is 23.8 Å². The second kappa shape index (κ2) is 5.82. The van der Waals surface area contributed by atoms with Gasteiger partial charge in [-0.3, -0.25) is 0 Å². The topological polar surface area (TPSA) is 69.6 Å². The highest BCUT2D eigenvalue weighted by molar-refractivity contribution is 7.99. The summed E-state index contributed by atoms with van der Waals surface area (Å²) in [6.45, 7) is 0.557. The number of carboxylic acids is 1. The Morgan fingerprint density at radius 1 is 1.33 bits per heavy atom. The van der Waals surface area contributed by atoms with Gasteiger partial charge >= 0.3 is 12.0 Å². The van der Waals surface area contributed by atoms with Crippen molar-refractivity contribution in [2.75, 3.05) is 12.8 Å². The van der Waals surface area contributed by atoms with Crippen molar-refractivity contribution in [1.29, 1.82) is 0 Å². The van der Waals surface area contributed by atoms with Crippen molar-refractivity contribution in [1.82, 2.24) is 10.2 Å². The lowest BCUT2D eigenvalue weighted by Crippen LogP contribution is -2.48. The molecule has 1 aliphatic heterocycles. The van der Waals surface area contributed by atoms with E-state index >= 15 is 0 Å². The maximum atomic E-state index is 12.1. The molecule has 0 bridgehead atoms. The summed E-state index contributed by atoms with van der Waals surface area (Å²) in [5.74, 6) is -0.893. The first-order valence-electron chi connectivity index (χ1n) is 6.44. The largest absolute Gasteiger partial charge is 0.480 e. The first-order valence-corrected chi connectivity index (χ1v) is 7.73. The summed E-state index contributed by atoms with van der Waals surface area (Å²) in [6.07, 6.45) is 6.58. The molecule has 2 fully saturated rings. The number of carbonyl (C=O) groups is 2. The summed E-state index contributed by atoms with van der Waals surface area (Å²) in [5.41, 5.74) is 0. The van der Waals surface area contributed by atoms with Crippen LogP contribution in [0.5, 0.6) is 0 Å². The van der Waals surface area contributed by atoms with Crippen LogP contribution in [0.4, 0.5) is 4.79 Å². The number of aliphatic carboxylic acids is 1. The summed E-state index contributed by atoms with van der Waals surface area (Å²) < 4.78 is 0. The molecular formula is C12H20N2O3S. The molecule has 1 heterocycles. The number of nitrogens with zero attached hydrogens (tertiary/aromatic N) is 1. The average molecular weight is 272 g/mol. The third-order valence-electron chi connectivity index (χ3n) is 3.84. The molecule has 2 rings (SSSR count). The van der Waals surface area contributed by atoms with Gasteiger partial charge < -0.3 is 15.3 Å². The van der Waals surface area contributed by atoms with E-state index in [0.717, 1.165) is 25.7 Å². The molecule has 0 aromatic heterocycles. The first kappa shape index (κ1) is 13.5. The van der Waals surface area contributed by atoms with Gasteiger partial charge in [-0.1, -0.05) is 0 Å². The lowest BCUT2D eigenvalue weighted by atomic mass is 10.2. The molecule has 6 heteroatoms. The molecule has 1 saturated carbocycles. The van der Waals surface area contributed by atoms with Crippen molar-refractivity contribution < 1.29 is 14.7 Å². The van der Waals surface area contributed by atoms with Crippen molar-refractivity contribution in [3.8, 4) is 0 Å². The Balaban J connectivity index is 1.86. The van der Waals surface area contributed by atoms with Crippen LogP contribution in [0.1, 0.15) is 32.1 Å². The molecule has 0 spiro atoms. The Labute approximate surface area is 111 Å². The van der Waals surface area contributed by atoms with Crippen LogP contribution in [-0.4, -0.2) is 52.1 Å². The van der Waals surface area contributed by atoms with Crippen molar-refractivity contribution in [3.05, 3.63) is 0 Å². The molecule has 1 aliphatic carbocycles. The number of carboxylic acid groups (broad SMARTS) is 1. The van der Waals surface area contributed by atoms with Gasteiger partial charge in [0.1, 0.15) is 6.04 Å². The lowest BCUT2D eigenvalue weighted by molar-refractivity contribution is -0.141. The molecular weight excluding hydrogens is 252 g/mol. The van der Waals surface area contributed by atoms with Gasteiger partial charge in [0.05, 0.1) is 0 Å². The second-order valence-corrected chi connectivity index (χ2v) is 6.14. The van der Waals surface area contributed by atoms with Gasteiger partial charge in [-0.2, -0.15) is 11.8 Å². The number of amides is 2. The summed E-state index contributed by atoms with van der Waals surface area (Å²) in [6, 6.07) is -0.626. The predicted octanol–water partition coefficient (Wildman–Crippen LogP) is 1.53. The van der Waals surface area contributed by atoms with Crippen molar-refractivity contribution in [2.24, 2.45) is 0 Å². The third-order valence-corrected chi connectivity index (χ3v) is 4.94. The zero-order valence-corrected chi connectivity index (χ0v) is 11.4. The fraction of sp³-hybridized carbons (Fsp3) is 0.833. The van der Waals surface area contributed by atoms with Gasteiger partial charge in [0.2, 0.25) is 0 Å². The molecule has 3 atom stereocenters. The van der Waals surface area contributed by atoms with Crippen LogP contribution >= 0.6 is 11.8 Å². The molecule has 2 aliphatic rings. The third kappa shape index (κ3) is 2.91. The smallest absolute Gasteiger partial charge is 0.326 e. The van der Waals surface area contributed by atoms with Crippen LogP contribution < -0.4 is 5.32 Å². The molecule has 18 heavy (non-hydrogen) atoms. The quantitative estimate of drug-likeness (QED) is 0.817. The number of hydrogen-bond acceptors (Lipinski definition) is 3. The Hall–Kier alpha value is -0.910. The van der Waals surface area contributed by atoms with E-state index in [1.807, 2.05) is 11.8 Å². The van der Waals surface area contributed by atoms with E-state index in [9.17, 15) is 9.59 Å². The number of thioether (sulfide) groups is 1. The standard InChI is InChI=1S/C12H20N2O3S/c1-18-9-5-4-8(7-9)13-12(17)14-6-2-3-10(14)11(15)16/h8-10H,2-7H2,1H3,(H,13,17)(H,15,16). The van der Waals surface area contributed by atoms with E-state index in [4.69, 9.17) is 5.11 Å². The summed E-state index contributed by atoms with van der Waals surface area (Å²) in [5, 5.41) is 12.7. The summed E-state index contributed by atoms with van der Waals surface area (Å²) >= 11 is 1.84. The highest BCUT2D eigenvalue weighted by atomic mass is 32.2. The molecule has 5 nitrogen and oxygen atoms in total. The van der Waals surface area contributed by atoms with Gasteiger partial charge in [-0.25, -0.2) is 9.59 Å². The van der Waals surface area contributed by atoms with Crippen LogP contribution in [0.3, 0.4) is 0 Å². The van der Waals surface area contributed by atoms with Gasteiger partial charge in [-0.05, 0) is 38.4 Å². The van der Waals surface area contributed by atoms with Gasteiger partial charge in [0, 0.05) is 17.8 Å². The summed E-state index contributed by atoms with van der Waals surface area (Å²) in [4.78, 5) is 24.5. The van der Waals surface area contributed by atoms with E-state index in [0.29, 0.717) is 18.2 Å². The monoisotopic (exact) mass is 272 g/mol. The average Bonchev–Trinajstić information content (AvgIpc) is 2.96. The molecule has 0 aromatic carbocycles. The zero-order chi connectivity index (χ0) is 13.1. The molecule has 0 radical (unpaired) electrons. The normalized spacial score (nSPS) is 31.6. The summed E-state index contributed by atoms with van der Waals surface area (Å²) in [7, 11) is 0. The van der Waals surface area contributed by atoms with E-state index in [1.165, 1.54) is 4.90 Å². The van der Waals surface area contributed by atoms with Crippen LogP contribution in [0.15, 0.2) is 0 Å². The molecule has 1 saturated heterocycles. The Kier molecular flexibility index (Phi) is 4.37. The van der Waals surface area contributed by atoms with Gasteiger partial charge in [-0.15, -0.1) is 0 Å². The molecule has 3 unspecified atom stereocenters.